The van der Waals surface area contributed by atoms with Crippen LogP contribution in [0.25, 0.3) is 0 Å². The summed E-state index contributed by atoms with van der Waals surface area (Å²) in [5.74, 6) is -0.0625. The maximum absolute atomic E-state index is 10.0. The van der Waals surface area contributed by atoms with Gasteiger partial charge >= 0.3 is 19.5 Å². The van der Waals surface area contributed by atoms with E-state index < -0.39 is 0 Å². The molecule has 16 heavy (non-hydrogen) atoms. The summed E-state index contributed by atoms with van der Waals surface area (Å²) >= 11 is 0. The van der Waals surface area contributed by atoms with E-state index in [4.69, 9.17) is 5.11 Å². The van der Waals surface area contributed by atoms with Crippen LogP contribution in [-0.2, 0) is 24.3 Å². The summed E-state index contributed by atoms with van der Waals surface area (Å²) in [4.78, 5) is 10.0. The Morgan fingerprint density at radius 2 is 1.62 bits per heavy atom. The quantitative estimate of drug-likeness (QED) is 0.271. The molecule has 0 aliphatic rings. The summed E-state index contributed by atoms with van der Waals surface area (Å²) in [6, 6.07) is 0. The Bertz CT molecular complexity index is 190. The molecule has 0 radical (unpaired) electrons. The van der Waals surface area contributed by atoms with Crippen LogP contribution in [0, 0.1) is 14.9 Å². The number of aliphatic hydroxyl groups excluding tert-OH is 1. The molecule has 3 heteroatoms. The van der Waals surface area contributed by atoms with Gasteiger partial charge < -0.3 is 20.0 Å². The third-order valence-electron chi connectivity index (χ3n) is 0.741. The van der Waals surface area contributed by atoms with Crippen LogP contribution in [0.4, 0.5) is 0 Å². The third-order valence-corrected chi connectivity index (χ3v) is 0.741. The zero-order valence-corrected chi connectivity index (χ0v) is 12.0. The molecule has 98 valence electrons. The van der Waals surface area contributed by atoms with Gasteiger partial charge in [-0.05, 0) is 20.8 Å². The fourth-order valence-electron chi connectivity index (χ4n) is 0.430. The molecule has 0 aliphatic heterocycles. The van der Waals surface area contributed by atoms with E-state index in [1.807, 2.05) is 19.1 Å². The van der Waals surface area contributed by atoms with Crippen LogP contribution in [0.3, 0.4) is 0 Å². The van der Waals surface area contributed by atoms with Crippen molar-refractivity contribution in [2.75, 3.05) is 0 Å². The van der Waals surface area contributed by atoms with E-state index >= 15 is 0 Å². The Labute approximate surface area is 115 Å². The van der Waals surface area contributed by atoms with E-state index in [0.29, 0.717) is 0 Å². The number of aliphatic hydroxyl groups is 1. The largest absolute Gasteiger partial charge is 2.00 e. The maximum atomic E-state index is 10.0. The number of allylic oxidation sites excluding steroid dienone is 5. The van der Waals surface area contributed by atoms with Crippen molar-refractivity contribution in [3.05, 3.63) is 51.5 Å². The van der Waals surface area contributed by atoms with Gasteiger partial charge in [-0.3, -0.25) is 4.79 Å². The van der Waals surface area contributed by atoms with Crippen molar-refractivity contribution >= 4 is 5.78 Å². The van der Waals surface area contributed by atoms with Crippen molar-refractivity contribution in [3.63, 3.8) is 0 Å². The SMILES string of the molecule is C.C=C/C=C/C.CC(=O)C=C(C)O.[CH3-].[CH3-].[Ru+2]. The molecule has 0 bridgehead atoms. The van der Waals surface area contributed by atoms with Gasteiger partial charge in [0, 0.05) is 6.08 Å². The molecule has 1 N–H and O–H groups in total. The Hall–Kier alpha value is -0.687. The summed E-state index contributed by atoms with van der Waals surface area (Å²) in [6.45, 7) is 8.27. The second-order valence-electron chi connectivity index (χ2n) is 2.16. The first-order valence-electron chi connectivity index (χ1n) is 3.66. The van der Waals surface area contributed by atoms with Crippen molar-refractivity contribution in [2.45, 2.75) is 28.2 Å². The van der Waals surface area contributed by atoms with Gasteiger partial charge in [0.25, 0.3) is 0 Å². The molecule has 0 saturated carbocycles. The molecular formula is C13H26O2Ru. The number of carbonyl (C=O) groups excluding carboxylic acids is 1. The Morgan fingerprint density at radius 1 is 1.25 bits per heavy atom. The summed E-state index contributed by atoms with van der Waals surface area (Å²) in [5.41, 5.74) is 0. The first-order chi connectivity index (χ1) is 5.54. The first kappa shape index (κ1) is 36.2. The van der Waals surface area contributed by atoms with Crippen LogP contribution < -0.4 is 0 Å². The molecule has 0 aromatic carbocycles. The van der Waals surface area contributed by atoms with Crippen LogP contribution >= 0.6 is 0 Å². The minimum Gasteiger partial charge on any atom is -0.512 e. The molecule has 0 spiro atoms. The molecule has 0 saturated heterocycles. The van der Waals surface area contributed by atoms with Crippen molar-refractivity contribution < 1.29 is 29.4 Å². The molecule has 0 fully saturated rings. The molecule has 0 atom stereocenters. The normalized spacial score (nSPS) is 7.81. The molecule has 2 nitrogen and oxygen atoms in total. The first-order valence-corrected chi connectivity index (χ1v) is 3.66. The molecule has 0 rings (SSSR count). The van der Waals surface area contributed by atoms with Gasteiger partial charge in [0.05, 0.1) is 5.76 Å². The Kier molecular flexibility index (Phi) is 66.1. The van der Waals surface area contributed by atoms with E-state index in [1.54, 1.807) is 6.08 Å². The Balaban J connectivity index is -0.0000000258. The predicted octanol–water partition coefficient (Wildman–Crippen LogP) is 4.32. The topological polar surface area (TPSA) is 37.3 Å². The molecule has 0 unspecified atom stereocenters. The summed E-state index contributed by atoms with van der Waals surface area (Å²) in [7, 11) is 0. The average molecular weight is 315 g/mol. The molecule has 0 aliphatic carbocycles. The van der Waals surface area contributed by atoms with Crippen molar-refractivity contribution in [2.24, 2.45) is 0 Å². The number of rotatable bonds is 2. The van der Waals surface area contributed by atoms with Gasteiger partial charge in [-0.25, -0.2) is 0 Å². The zero-order chi connectivity index (χ0) is 9.98. The minimum absolute atomic E-state index is 0. The Morgan fingerprint density at radius 3 is 1.62 bits per heavy atom. The minimum atomic E-state index is -0.125. The van der Waals surface area contributed by atoms with E-state index in [0.717, 1.165) is 0 Å². The second-order valence-corrected chi connectivity index (χ2v) is 2.16. The van der Waals surface area contributed by atoms with E-state index in [2.05, 4.69) is 6.58 Å². The number of carbonyl (C=O) groups is 1. The van der Waals surface area contributed by atoms with Crippen LogP contribution in [0.2, 0.25) is 0 Å². The van der Waals surface area contributed by atoms with Gasteiger partial charge in [0.1, 0.15) is 0 Å². The summed E-state index contributed by atoms with van der Waals surface area (Å²) in [6.07, 6.45) is 6.74. The third kappa shape index (κ3) is 71.5. The van der Waals surface area contributed by atoms with Crippen LogP contribution in [0.15, 0.2) is 36.6 Å². The fraction of sp³-hybridized carbons (Fsp3) is 0.308. The standard InChI is InChI=1S/C5H8O2.C5H8.CH4.2CH3.Ru/c1-4(6)3-5(2)7;1-3-5-4-2;;;;/h3,6H,1-2H3;3-5H,1H2,2H3;1H4;2*1H3;/q;;;2*-1;+2/b;5-4+;;;;. The second kappa shape index (κ2) is 29.2. The van der Waals surface area contributed by atoms with E-state index in [1.165, 1.54) is 19.9 Å². The monoisotopic (exact) mass is 316 g/mol. The number of hydrogen-bond acceptors (Lipinski definition) is 2. The van der Waals surface area contributed by atoms with Crippen molar-refractivity contribution in [3.8, 4) is 0 Å². The van der Waals surface area contributed by atoms with Gasteiger partial charge in [0.15, 0.2) is 5.78 Å². The van der Waals surface area contributed by atoms with Crippen molar-refractivity contribution in [1.29, 1.82) is 0 Å². The molecule has 0 aromatic heterocycles. The maximum Gasteiger partial charge on any atom is 2.00 e. The number of hydrogen-bond donors (Lipinski definition) is 1. The average Bonchev–Trinajstić information content (AvgIpc) is 1.87. The zero-order valence-electron chi connectivity index (χ0n) is 10.2. The molecule has 0 amide bonds. The van der Waals surface area contributed by atoms with Gasteiger partial charge in [-0.1, -0.05) is 32.2 Å². The van der Waals surface area contributed by atoms with Gasteiger partial charge in [0.2, 0.25) is 0 Å². The fourth-order valence-corrected chi connectivity index (χ4v) is 0.430. The van der Waals surface area contributed by atoms with Crippen LogP contribution in [-0.4, -0.2) is 10.9 Å². The van der Waals surface area contributed by atoms with E-state index in [9.17, 15) is 4.79 Å². The number of ketones is 1. The molecule has 0 heterocycles. The van der Waals surface area contributed by atoms with Crippen LogP contribution in [0.1, 0.15) is 28.2 Å². The molecular weight excluding hydrogens is 289 g/mol. The van der Waals surface area contributed by atoms with Crippen molar-refractivity contribution in [1.82, 2.24) is 0 Å². The summed E-state index contributed by atoms with van der Waals surface area (Å²) < 4.78 is 0. The molecule has 0 aromatic rings. The van der Waals surface area contributed by atoms with Gasteiger partial charge in [-0.2, -0.15) is 0 Å². The van der Waals surface area contributed by atoms with Gasteiger partial charge in [-0.15, -0.1) is 0 Å². The predicted molar refractivity (Wildman–Crippen MR) is 71.6 cm³/mol. The smallest absolute Gasteiger partial charge is 0.512 e. The van der Waals surface area contributed by atoms with E-state index in [-0.39, 0.29) is 53.3 Å². The van der Waals surface area contributed by atoms with Crippen LogP contribution in [0.5, 0.6) is 0 Å². The summed E-state index contributed by atoms with van der Waals surface area (Å²) in [5, 5.41) is 8.36.